The molecule has 1 aromatic heterocycles. The van der Waals surface area contributed by atoms with E-state index >= 15 is 0 Å². The third kappa shape index (κ3) is 1.25. The Bertz CT molecular complexity index is 277. The summed E-state index contributed by atoms with van der Waals surface area (Å²) in [6.07, 6.45) is 3.51. The van der Waals surface area contributed by atoms with Crippen molar-refractivity contribution in [2.45, 2.75) is 0 Å². The van der Waals surface area contributed by atoms with Crippen LogP contribution in [0.5, 0.6) is 0 Å². The van der Waals surface area contributed by atoms with Crippen LogP contribution in [0.25, 0.3) is 12.2 Å². The van der Waals surface area contributed by atoms with Gasteiger partial charge in [0.15, 0.2) is 3.95 Å². The lowest BCUT2D eigenvalue weighted by Crippen LogP contribution is -1.70. The third-order valence-electron chi connectivity index (χ3n) is 1.09. The molecule has 1 nitrogen and oxygen atoms in total. The molecule has 0 saturated heterocycles. The van der Waals surface area contributed by atoms with Crippen LogP contribution in [0, 0.1) is 3.95 Å². The van der Waals surface area contributed by atoms with E-state index in [-0.39, 0.29) is 0 Å². The van der Waals surface area contributed by atoms with Crippen LogP contribution in [0.15, 0.2) is 13.2 Å². The second-order valence-electron chi connectivity index (χ2n) is 1.70. The predicted octanol–water partition coefficient (Wildman–Crippen LogP) is 3.09. The van der Waals surface area contributed by atoms with Gasteiger partial charge in [0.1, 0.15) is 0 Å². The molecule has 0 spiro atoms. The van der Waals surface area contributed by atoms with Gasteiger partial charge in [0.25, 0.3) is 0 Å². The second-order valence-corrected chi connectivity index (χ2v) is 3.42. The van der Waals surface area contributed by atoms with Crippen molar-refractivity contribution < 1.29 is 0 Å². The summed E-state index contributed by atoms with van der Waals surface area (Å²) >= 11 is 6.43. The minimum atomic E-state index is 0.768. The highest BCUT2D eigenvalue weighted by Crippen LogP contribution is 2.16. The Kier molecular flexibility index (Phi) is 2.19. The monoisotopic (exact) mass is 169 g/mol. The lowest BCUT2D eigenvalue weighted by molar-refractivity contribution is 1.36. The molecule has 0 bridgehead atoms. The smallest absolute Gasteiger partial charge is 0.159 e. The van der Waals surface area contributed by atoms with Crippen molar-refractivity contribution in [3.05, 3.63) is 27.7 Å². The van der Waals surface area contributed by atoms with Crippen molar-refractivity contribution in [2.75, 3.05) is 0 Å². The summed E-state index contributed by atoms with van der Waals surface area (Å²) in [4.78, 5) is 4.04. The van der Waals surface area contributed by atoms with Gasteiger partial charge < -0.3 is 4.98 Å². The van der Waals surface area contributed by atoms with Crippen molar-refractivity contribution in [3.63, 3.8) is 0 Å². The number of thiazole rings is 1. The summed E-state index contributed by atoms with van der Waals surface area (Å²) in [5, 5.41) is 0. The van der Waals surface area contributed by atoms with E-state index in [0.29, 0.717) is 0 Å². The number of hydrogen-bond acceptors (Lipinski definition) is 2. The van der Waals surface area contributed by atoms with Crippen LogP contribution in [-0.4, -0.2) is 4.98 Å². The van der Waals surface area contributed by atoms with Gasteiger partial charge in [0.2, 0.25) is 0 Å². The van der Waals surface area contributed by atoms with Crippen molar-refractivity contribution in [3.8, 4) is 0 Å². The van der Waals surface area contributed by atoms with Gasteiger partial charge in [0, 0.05) is 0 Å². The minimum absolute atomic E-state index is 0.768. The molecule has 52 valence electrons. The maximum absolute atomic E-state index is 4.92. The highest BCUT2D eigenvalue weighted by Gasteiger charge is 1.96. The zero-order chi connectivity index (χ0) is 7.56. The van der Waals surface area contributed by atoms with E-state index in [1.165, 1.54) is 11.3 Å². The molecular weight excluding hydrogens is 162 g/mol. The lowest BCUT2D eigenvalue weighted by atomic mass is 10.3. The normalized spacial score (nSPS) is 9.20. The first kappa shape index (κ1) is 7.44. The van der Waals surface area contributed by atoms with Crippen molar-refractivity contribution >= 4 is 35.7 Å². The highest BCUT2D eigenvalue weighted by atomic mass is 32.1. The summed E-state index contributed by atoms with van der Waals surface area (Å²) in [6.45, 7) is 7.28. The molecule has 0 aliphatic heterocycles. The van der Waals surface area contributed by atoms with E-state index in [9.17, 15) is 0 Å². The van der Waals surface area contributed by atoms with E-state index in [1.807, 2.05) is 0 Å². The molecule has 10 heavy (non-hydrogen) atoms. The van der Waals surface area contributed by atoms with E-state index in [2.05, 4.69) is 18.1 Å². The van der Waals surface area contributed by atoms with Gasteiger partial charge in [-0.1, -0.05) is 13.2 Å². The average Bonchev–Trinajstić information content (AvgIpc) is 2.30. The molecular formula is C7H7NS2. The Morgan fingerprint density at radius 2 is 2.10 bits per heavy atom. The molecule has 1 heterocycles. The molecule has 0 aliphatic rings. The van der Waals surface area contributed by atoms with Gasteiger partial charge in [-0.25, -0.2) is 0 Å². The molecule has 0 aromatic carbocycles. The minimum Gasteiger partial charge on any atom is -0.337 e. The van der Waals surface area contributed by atoms with Crippen LogP contribution in [0.3, 0.4) is 0 Å². The molecule has 0 radical (unpaired) electrons. The maximum Gasteiger partial charge on any atom is 0.159 e. The van der Waals surface area contributed by atoms with Crippen LogP contribution in [-0.2, 0) is 0 Å². The van der Waals surface area contributed by atoms with Crippen LogP contribution in [0.1, 0.15) is 10.6 Å². The van der Waals surface area contributed by atoms with E-state index < -0.39 is 0 Å². The lowest BCUT2D eigenvalue weighted by Gasteiger charge is -1.84. The molecule has 0 unspecified atom stereocenters. The number of H-pyrrole nitrogens is 1. The average molecular weight is 169 g/mol. The molecule has 0 saturated carbocycles. The fourth-order valence-corrected chi connectivity index (χ4v) is 1.72. The number of hydrogen-bond donors (Lipinski definition) is 1. The quantitative estimate of drug-likeness (QED) is 0.673. The van der Waals surface area contributed by atoms with Gasteiger partial charge >= 0.3 is 0 Å². The van der Waals surface area contributed by atoms with Crippen LogP contribution in [0.4, 0.5) is 0 Å². The number of nitrogens with one attached hydrogen (secondary N) is 1. The van der Waals surface area contributed by atoms with Gasteiger partial charge in [0.05, 0.1) is 10.6 Å². The van der Waals surface area contributed by atoms with Gasteiger partial charge in [-0.2, -0.15) is 0 Å². The van der Waals surface area contributed by atoms with Crippen molar-refractivity contribution in [1.29, 1.82) is 0 Å². The first-order chi connectivity index (χ1) is 4.77. The van der Waals surface area contributed by atoms with Crippen molar-refractivity contribution in [1.82, 2.24) is 4.98 Å². The second kappa shape index (κ2) is 2.94. The molecule has 1 aromatic rings. The van der Waals surface area contributed by atoms with Crippen LogP contribution >= 0.6 is 23.6 Å². The zero-order valence-electron chi connectivity index (χ0n) is 5.39. The first-order valence-electron chi connectivity index (χ1n) is 2.76. The number of aromatic nitrogens is 1. The van der Waals surface area contributed by atoms with Gasteiger partial charge in [-0.15, -0.1) is 11.3 Å². The standard InChI is InChI=1S/C7H7NS2/c1-3-5-6(4-2)10-7(9)8-5/h3-4H,1-2H2,(H,8,9). The summed E-state index contributed by atoms with van der Waals surface area (Å²) < 4.78 is 0.768. The van der Waals surface area contributed by atoms with E-state index in [4.69, 9.17) is 12.2 Å². The van der Waals surface area contributed by atoms with Crippen LogP contribution < -0.4 is 0 Å². The SMILES string of the molecule is C=Cc1[nH]c(=S)sc1C=C. The fourth-order valence-electron chi connectivity index (χ4n) is 0.655. The Morgan fingerprint density at radius 3 is 2.50 bits per heavy atom. The van der Waals surface area contributed by atoms with Gasteiger partial charge in [-0.3, -0.25) is 0 Å². The Balaban J connectivity index is 3.33. The number of aromatic amines is 1. The highest BCUT2D eigenvalue weighted by molar-refractivity contribution is 7.73. The summed E-state index contributed by atoms with van der Waals surface area (Å²) in [7, 11) is 0. The fraction of sp³-hybridized carbons (Fsp3) is 0. The zero-order valence-corrected chi connectivity index (χ0v) is 7.02. The summed E-state index contributed by atoms with van der Waals surface area (Å²) in [5.41, 5.74) is 0.963. The first-order valence-corrected chi connectivity index (χ1v) is 3.98. The number of rotatable bonds is 2. The molecule has 1 rings (SSSR count). The van der Waals surface area contributed by atoms with Gasteiger partial charge in [-0.05, 0) is 24.4 Å². The Morgan fingerprint density at radius 1 is 1.40 bits per heavy atom. The Labute approximate surface area is 68.7 Å². The molecule has 0 atom stereocenters. The molecule has 1 N–H and O–H groups in total. The van der Waals surface area contributed by atoms with E-state index in [1.54, 1.807) is 12.2 Å². The maximum atomic E-state index is 4.92. The van der Waals surface area contributed by atoms with E-state index in [0.717, 1.165) is 14.5 Å². The molecule has 0 fully saturated rings. The largest absolute Gasteiger partial charge is 0.337 e. The molecule has 0 aliphatic carbocycles. The summed E-state index contributed by atoms with van der Waals surface area (Å²) in [5.74, 6) is 0. The van der Waals surface area contributed by atoms with Crippen molar-refractivity contribution in [2.24, 2.45) is 0 Å². The van der Waals surface area contributed by atoms with Crippen LogP contribution in [0.2, 0.25) is 0 Å². The Hall–Kier alpha value is -0.670. The topological polar surface area (TPSA) is 15.8 Å². The predicted molar refractivity (Wildman–Crippen MR) is 49.7 cm³/mol. The summed E-state index contributed by atoms with van der Waals surface area (Å²) in [6, 6.07) is 0. The molecule has 3 heteroatoms. The molecule has 0 amide bonds. The third-order valence-corrected chi connectivity index (χ3v) is 2.34.